The van der Waals surface area contributed by atoms with Crippen LogP contribution in [0.5, 0.6) is 5.75 Å². The van der Waals surface area contributed by atoms with Gasteiger partial charge in [-0.15, -0.1) is 0 Å². The lowest BCUT2D eigenvalue weighted by atomic mass is 10.1. The minimum Gasteiger partial charge on any atom is -0.496 e. The third-order valence-electron chi connectivity index (χ3n) is 2.39. The van der Waals surface area contributed by atoms with Crippen molar-refractivity contribution in [1.82, 2.24) is 4.98 Å². The Labute approximate surface area is 92.2 Å². The predicted molar refractivity (Wildman–Crippen MR) is 59.3 cm³/mol. The van der Waals surface area contributed by atoms with Gasteiger partial charge in [-0.05, 0) is 19.1 Å². The molecule has 0 fully saturated rings. The quantitative estimate of drug-likeness (QED) is 0.803. The van der Waals surface area contributed by atoms with Gasteiger partial charge in [0.15, 0.2) is 0 Å². The molecule has 3 nitrogen and oxygen atoms in total. The Bertz CT molecular complexity index is 566. The summed E-state index contributed by atoms with van der Waals surface area (Å²) >= 11 is 6.03. The van der Waals surface area contributed by atoms with Gasteiger partial charge < -0.3 is 9.72 Å². The summed E-state index contributed by atoms with van der Waals surface area (Å²) in [6.45, 7) is 1.84. The maximum atomic E-state index is 9.05. The van der Waals surface area contributed by atoms with Gasteiger partial charge in [-0.25, -0.2) is 0 Å². The number of H-pyrrole nitrogens is 1. The average molecular weight is 221 g/mol. The predicted octanol–water partition coefficient (Wildman–Crippen LogP) is 3.01. The lowest BCUT2D eigenvalue weighted by Gasteiger charge is -2.02. The highest BCUT2D eigenvalue weighted by molar-refractivity contribution is 6.35. The Morgan fingerprint density at radius 3 is 2.80 bits per heavy atom. The van der Waals surface area contributed by atoms with Crippen molar-refractivity contribution in [3.8, 4) is 11.8 Å². The number of methoxy groups -OCH3 is 1. The molecular weight excluding hydrogens is 212 g/mol. The largest absolute Gasteiger partial charge is 0.496 e. The average Bonchev–Trinajstić information content (AvgIpc) is 2.56. The van der Waals surface area contributed by atoms with Crippen LogP contribution in [-0.4, -0.2) is 12.1 Å². The molecule has 0 saturated heterocycles. The van der Waals surface area contributed by atoms with Gasteiger partial charge in [0.25, 0.3) is 0 Å². The number of nitrogens with one attached hydrogen (secondary N) is 1. The van der Waals surface area contributed by atoms with Crippen LogP contribution >= 0.6 is 11.6 Å². The van der Waals surface area contributed by atoms with Crippen molar-refractivity contribution < 1.29 is 4.74 Å². The molecule has 1 N–H and O–H groups in total. The molecule has 1 heterocycles. The number of rotatable bonds is 1. The van der Waals surface area contributed by atoms with E-state index in [1.165, 1.54) is 0 Å². The van der Waals surface area contributed by atoms with E-state index in [1.54, 1.807) is 19.2 Å². The molecule has 0 aliphatic carbocycles. The Hall–Kier alpha value is -1.66. The van der Waals surface area contributed by atoms with Crippen LogP contribution in [0.25, 0.3) is 10.9 Å². The highest BCUT2D eigenvalue weighted by Gasteiger charge is 2.14. The minimum absolute atomic E-state index is 0.587. The topological polar surface area (TPSA) is 48.8 Å². The Morgan fingerprint density at radius 2 is 2.20 bits per heavy atom. The summed E-state index contributed by atoms with van der Waals surface area (Å²) in [4.78, 5) is 3.09. The van der Waals surface area contributed by atoms with Crippen molar-refractivity contribution >= 4 is 22.5 Å². The molecule has 0 amide bonds. The van der Waals surface area contributed by atoms with Gasteiger partial charge in [0.05, 0.1) is 28.6 Å². The summed E-state index contributed by atoms with van der Waals surface area (Å²) in [7, 11) is 1.58. The summed E-state index contributed by atoms with van der Waals surface area (Å²) in [5.41, 5.74) is 2.15. The molecule has 0 atom stereocenters. The van der Waals surface area contributed by atoms with Crippen LogP contribution < -0.4 is 4.74 Å². The summed E-state index contributed by atoms with van der Waals surface area (Å²) in [5, 5.41) is 10.4. The van der Waals surface area contributed by atoms with E-state index in [9.17, 15) is 0 Å². The van der Waals surface area contributed by atoms with Crippen molar-refractivity contribution in [3.63, 3.8) is 0 Å². The highest BCUT2D eigenvalue weighted by Crippen LogP contribution is 2.34. The number of hydrogen-bond donors (Lipinski definition) is 1. The van der Waals surface area contributed by atoms with Crippen LogP contribution in [0.3, 0.4) is 0 Å². The Morgan fingerprint density at radius 1 is 1.47 bits per heavy atom. The smallest absolute Gasteiger partial charge is 0.129 e. The molecule has 0 aliphatic rings. The fraction of sp³-hybridized carbons (Fsp3) is 0.182. The van der Waals surface area contributed by atoms with E-state index in [1.807, 2.05) is 6.92 Å². The van der Waals surface area contributed by atoms with E-state index in [-0.39, 0.29) is 0 Å². The van der Waals surface area contributed by atoms with Crippen molar-refractivity contribution in [2.45, 2.75) is 6.92 Å². The number of halogens is 1. The third-order valence-corrected chi connectivity index (χ3v) is 2.70. The van der Waals surface area contributed by atoms with Crippen molar-refractivity contribution in [1.29, 1.82) is 5.26 Å². The van der Waals surface area contributed by atoms with Crippen LogP contribution in [0.15, 0.2) is 12.1 Å². The van der Waals surface area contributed by atoms with Crippen molar-refractivity contribution in [3.05, 3.63) is 28.4 Å². The second-order valence-corrected chi connectivity index (χ2v) is 3.64. The molecule has 1 aromatic heterocycles. The van der Waals surface area contributed by atoms with Crippen LogP contribution in [0.2, 0.25) is 5.02 Å². The second-order valence-electron chi connectivity index (χ2n) is 3.24. The van der Waals surface area contributed by atoms with E-state index >= 15 is 0 Å². The zero-order valence-electron chi connectivity index (χ0n) is 8.39. The standard InChI is InChI=1S/C11H9ClN2O/c1-6-7(5-13)10-9(15-2)4-3-8(12)11(10)14-6/h3-4,14H,1-2H3. The minimum atomic E-state index is 0.587. The lowest BCUT2D eigenvalue weighted by Crippen LogP contribution is -1.85. The maximum Gasteiger partial charge on any atom is 0.129 e. The summed E-state index contributed by atoms with van der Waals surface area (Å²) < 4.78 is 5.21. The molecule has 1 aromatic carbocycles. The lowest BCUT2D eigenvalue weighted by molar-refractivity contribution is 0.420. The third kappa shape index (κ3) is 1.34. The molecule has 0 aliphatic heterocycles. The zero-order chi connectivity index (χ0) is 11.0. The van der Waals surface area contributed by atoms with Gasteiger partial charge in [-0.3, -0.25) is 0 Å². The number of aromatic nitrogens is 1. The molecule has 76 valence electrons. The normalized spacial score (nSPS) is 10.3. The molecular formula is C11H9ClN2O. The first-order chi connectivity index (χ1) is 7.19. The molecule has 0 unspecified atom stereocenters. The van der Waals surface area contributed by atoms with Crippen LogP contribution in [0.1, 0.15) is 11.3 Å². The van der Waals surface area contributed by atoms with Crippen molar-refractivity contribution in [2.75, 3.05) is 7.11 Å². The first-order valence-electron chi connectivity index (χ1n) is 4.44. The van der Waals surface area contributed by atoms with E-state index in [0.717, 1.165) is 16.6 Å². The van der Waals surface area contributed by atoms with Crippen LogP contribution in [0, 0.1) is 18.3 Å². The first kappa shape index (κ1) is 9.88. The van der Waals surface area contributed by atoms with Gasteiger partial charge in [-0.2, -0.15) is 5.26 Å². The van der Waals surface area contributed by atoms with E-state index in [0.29, 0.717) is 16.3 Å². The highest BCUT2D eigenvalue weighted by atomic mass is 35.5. The monoisotopic (exact) mass is 220 g/mol. The second kappa shape index (κ2) is 3.48. The van der Waals surface area contributed by atoms with Gasteiger partial charge in [0.1, 0.15) is 11.8 Å². The fourth-order valence-corrected chi connectivity index (χ4v) is 1.88. The number of benzene rings is 1. The SMILES string of the molecule is COc1ccc(Cl)c2[nH]c(C)c(C#N)c12. The first-order valence-corrected chi connectivity index (χ1v) is 4.81. The number of aryl methyl sites for hydroxylation is 1. The van der Waals surface area contributed by atoms with E-state index in [2.05, 4.69) is 11.1 Å². The van der Waals surface area contributed by atoms with Crippen LogP contribution in [-0.2, 0) is 0 Å². The van der Waals surface area contributed by atoms with E-state index in [4.69, 9.17) is 21.6 Å². The van der Waals surface area contributed by atoms with Gasteiger partial charge in [0.2, 0.25) is 0 Å². The molecule has 0 spiro atoms. The van der Waals surface area contributed by atoms with Gasteiger partial charge in [-0.1, -0.05) is 11.6 Å². The molecule has 2 rings (SSSR count). The molecule has 0 bridgehead atoms. The summed E-state index contributed by atoms with van der Waals surface area (Å²) in [6, 6.07) is 5.66. The Kier molecular flexibility index (Phi) is 2.29. The Balaban J connectivity index is 2.97. The van der Waals surface area contributed by atoms with Gasteiger partial charge in [0, 0.05) is 5.69 Å². The molecule has 0 saturated carbocycles. The number of nitriles is 1. The number of fused-ring (bicyclic) bond motifs is 1. The van der Waals surface area contributed by atoms with Crippen LogP contribution in [0.4, 0.5) is 0 Å². The van der Waals surface area contributed by atoms with Gasteiger partial charge >= 0.3 is 0 Å². The number of hydrogen-bond acceptors (Lipinski definition) is 2. The summed E-state index contributed by atoms with van der Waals surface area (Å²) in [5.74, 6) is 0.662. The zero-order valence-corrected chi connectivity index (χ0v) is 9.14. The van der Waals surface area contributed by atoms with E-state index < -0.39 is 0 Å². The maximum absolute atomic E-state index is 9.05. The number of ether oxygens (including phenoxy) is 1. The number of nitrogens with zero attached hydrogens (tertiary/aromatic N) is 1. The molecule has 15 heavy (non-hydrogen) atoms. The van der Waals surface area contributed by atoms with Crippen molar-refractivity contribution in [2.24, 2.45) is 0 Å². The molecule has 0 radical (unpaired) electrons. The fourth-order valence-electron chi connectivity index (χ4n) is 1.68. The summed E-state index contributed by atoms with van der Waals surface area (Å²) in [6.07, 6.45) is 0. The molecule has 4 heteroatoms. The molecule has 2 aromatic rings. The number of aromatic amines is 1.